The first-order chi connectivity index (χ1) is 8.79. The van der Waals surface area contributed by atoms with E-state index in [1.54, 1.807) is 0 Å². The Morgan fingerprint density at radius 3 is 2.94 bits per heavy atom. The van der Waals surface area contributed by atoms with E-state index < -0.39 is 0 Å². The minimum atomic E-state index is 0.535. The number of nitrogens with two attached hydrogens (primary N) is 1. The zero-order valence-electron chi connectivity index (χ0n) is 10.7. The smallest absolute Gasteiger partial charge is 0.172 e. The summed E-state index contributed by atoms with van der Waals surface area (Å²) in [4.78, 5) is 0. The van der Waals surface area contributed by atoms with Crippen LogP contribution in [0.4, 0.5) is 5.82 Å². The third-order valence-electron chi connectivity index (χ3n) is 3.68. The first kappa shape index (κ1) is 11.3. The van der Waals surface area contributed by atoms with Crippen LogP contribution in [0.25, 0.3) is 11.3 Å². The molecule has 1 aliphatic carbocycles. The molecule has 18 heavy (non-hydrogen) atoms. The molecule has 3 heteroatoms. The van der Waals surface area contributed by atoms with Crippen LogP contribution in [0.15, 0.2) is 22.7 Å². The Morgan fingerprint density at radius 1 is 1.28 bits per heavy atom. The Morgan fingerprint density at radius 2 is 2.11 bits per heavy atom. The van der Waals surface area contributed by atoms with Crippen molar-refractivity contribution in [3.63, 3.8) is 0 Å². The lowest BCUT2D eigenvalue weighted by molar-refractivity contribution is 0.435. The van der Waals surface area contributed by atoms with Crippen molar-refractivity contribution >= 4 is 5.82 Å². The van der Waals surface area contributed by atoms with E-state index in [0.717, 1.165) is 29.7 Å². The molecule has 2 aromatic rings. The third kappa shape index (κ3) is 1.80. The standard InChI is InChI=1S/C15H18N2O/c1-2-4-13-14(18-17-15(13)16)12-8-7-10-5-3-6-11(10)9-12/h7-9H,2-6H2,1H3,(H2,16,17). The Bertz CT molecular complexity index is 572. The van der Waals surface area contributed by atoms with E-state index in [9.17, 15) is 0 Å². The lowest BCUT2D eigenvalue weighted by Crippen LogP contribution is -1.93. The van der Waals surface area contributed by atoms with E-state index in [1.165, 1.54) is 30.4 Å². The highest BCUT2D eigenvalue weighted by atomic mass is 16.5. The highest BCUT2D eigenvalue weighted by Gasteiger charge is 2.17. The fraction of sp³-hybridized carbons (Fsp3) is 0.400. The number of nitrogen functional groups attached to an aromatic ring is 1. The van der Waals surface area contributed by atoms with Gasteiger partial charge in [0, 0.05) is 11.1 Å². The van der Waals surface area contributed by atoms with E-state index in [2.05, 4.69) is 30.3 Å². The molecule has 3 nitrogen and oxygen atoms in total. The van der Waals surface area contributed by atoms with Crippen molar-refractivity contribution in [1.82, 2.24) is 5.16 Å². The van der Waals surface area contributed by atoms with Gasteiger partial charge in [0.2, 0.25) is 0 Å². The molecule has 0 saturated heterocycles. The zero-order valence-corrected chi connectivity index (χ0v) is 10.7. The molecule has 0 saturated carbocycles. The topological polar surface area (TPSA) is 52.0 Å². The largest absolute Gasteiger partial charge is 0.381 e. The van der Waals surface area contributed by atoms with Crippen LogP contribution in [0.1, 0.15) is 36.5 Å². The summed E-state index contributed by atoms with van der Waals surface area (Å²) in [6, 6.07) is 6.58. The molecule has 0 amide bonds. The zero-order chi connectivity index (χ0) is 12.5. The average molecular weight is 242 g/mol. The summed E-state index contributed by atoms with van der Waals surface area (Å²) < 4.78 is 5.42. The molecule has 94 valence electrons. The van der Waals surface area contributed by atoms with Crippen LogP contribution in [0.5, 0.6) is 0 Å². The lowest BCUT2D eigenvalue weighted by Gasteiger charge is -2.04. The summed E-state index contributed by atoms with van der Waals surface area (Å²) in [6.07, 6.45) is 5.61. The SMILES string of the molecule is CCCc1c(N)noc1-c1ccc2c(c1)CCC2. The number of nitrogens with zero attached hydrogens (tertiary/aromatic N) is 1. The van der Waals surface area contributed by atoms with Crippen molar-refractivity contribution in [2.24, 2.45) is 0 Å². The maximum absolute atomic E-state index is 5.87. The lowest BCUT2D eigenvalue weighted by atomic mass is 10.0. The van der Waals surface area contributed by atoms with Crippen molar-refractivity contribution in [1.29, 1.82) is 0 Å². The minimum Gasteiger partial charge on any atom is -0.381 e. The van der Waals surface area contributed by atoms with Gasteiger partial charge in [-0.15, -0.1) is 0 Å². The fourth-order valence-corrected chi connectivity index (χ4v) is 2.75. The molecule has 2 N–H and O–H groups in total. The van der Waals surface area contributed by atoms with Crippen LogP contribution < -0.4 is 5.73 Å². The molecule has 1 aromatic carbocycles. The number of hydrogen-bond donors (Lipinski definition) is 1. The Hall–Kier alpha value is -1.77. The van der Waals surface area contributed by atoms with Gasteiger partial charge in [0.1, 0.15) is 0 Å². The number of fused-ring (bicyclic) bond motifs is 1. The van der Waals surface area contributed by atoms with Crippen molar-refractivity contribution in [3.05, 3.63) is 34.9 Å². The number of aromatic nitrogens is 1. The second-order valence-electron chi connectivity index (χ2n) is 4.96. The molecular weight excluding hydrogens is 224 g/mol. The minimum absolute atomic E-state index is 0.535. The van der Waals surface area contributed by atoms with Gasteiger partial charge in [-0.1, -0.05) is 30.6 Å². The quantitative estimate of drug-likeness (QED) is 0.897. The van der Waals surface area contributed by atoms with Crippen molar-refractivity contribution in [3.8, 4) is 11.3 Å². The van der Waals surface area contributed by atoms with E-state index in [0.29, 0.717) is 5.82 Å². The second kappa shape index (κ2) is 4.48. The maximum atomic E-state index is 5.87. The molecule has 0 bridgehead atoms. The van der Waals surface area contributed by atoms with E-state index in [4.69, 9.17) is 10.3 Å². The van der Waals surface area contributed by atoms with Crippen LogP contribution in [0.3, 0.4) is 0 Å². The van der Waals surface area contributed by atoms with Gasteiger partial charge in [-0.2, -0.15) is 0 Å². The summed E-state index contributed by atoms with van der Waals surface area (Å²) in [6.45, 7) is 2.14. The van der Waals surface area contributed by atoms with E-state index >= 15 is 0 Å². The maximum Gasteiger partial charge on any atom is 0.172 e. The van der Waals surface area contributed by atoms with Gasteiger partial charge >= 0.3 is 0 Å². The summed E-state index contributed by atoms with van der Waals surface area (Å²) in [7, 11) is 0. The predicted molar refractivity (Wildman–Crippen MR) is 72.4 cm³/mol. The van der Waals surface area contributed by atoms with Gasteiger partial charge < -0.3 is 10.3 Å². The number of benzene rings is 1. The van der Waals surface area contributed by atoms with Crippen molar-refractivity contribution < 1.29 is 4.52 Å². The Kier molecular flexibility index (Phi) is 2.82. The van der Waals surface area contributed by atoms with Crippen LogP contribution in [-0.2, 0) is 19.3 Å². The van der Waals surface area contributed by atoms with Gasteiger partial charge in [-0.3, -0.25) is 0 Å². The van der Waals surface area contributed by atoms with Gasteiger partial charge in [-0.25, -0.2) is 0 Å². The third-order valence-corrected chi connectivity index (χ3v) is 3.68. The number of aryl methyl sites for hydroxylation is 2. The molecule has 0 radical (unpaired) electrons. The molecule has 0 atom stereocenters. The first-order valence-electron chi connectivity index (χ1n) is 6.65. The second-order valence-corrected chi connectivity index (χ2v) is 4.96. The highest BCUT2D eigenvalue weighted by molar-refractivity contribution is 5.67. The Balaban J connectivity index is 2.04. The van der Waals surface area contributed by atoms with Crippen LogP contribution in [0, 0.1) is 0 Å². The molecule has 0 unspecified atom stereocenters. The van der Waals surface area contributed by atoms with Gasteiger partial charge in [0.25, 0.3) is 0 Å². The first-order valence-corrected chi connectivity index (χ1v) is 6.65. The summed E-state index contributed by atoms with van der Waals surface area (Å²) >= 11 is 0. The fourth-order valence-electron chi connectivity index (χ4n) is 2.75. The van der Waals surface area contributed by atoms with Crippen molar-refractivity contribution in [2.75, 3.05) is 5.73 Å². The molecular formula is C15H18N2O. The molecule has 1 aliphatic rings. The molecule has 0 aliphatic heterocycles. The predicted octanol–water partition coefficient (Wildman–Crippen LogP) is 3.37. The molecule has 0 fully saturated rings. The van der Waals surface area contributed by atoms with Crippen LogP contribution in [-0.4, -0.2) is 5.16 Å². The average Bonchev–Trinajstić information content (AvgIpc) is 2.97. The molecule has 1 heterocycles. The summed E-state index contributed by atoms with van der Waals surface area (Å²) in [5, 5.41) is 3.91. The monoisotopic (exact) mass is 242 g/mol. The van der Waals surface area contributed by atoms with Gasteiger partial charge in [0.05, 0.1) is 0 Å². The van der Waals surface area contributed by atoms with E-state index in [1.807, 2.05) is 0 Å². The molecule has 3 rings (SSSR count). The number of rotatable bonds is 3. The molecule has 1 aromatic heterocycles. The van der Waals surface area contributed by atoms with Crippen LogP contribution in [0.2, 0.25) is 0 Å². The number of hydrogen-bond acceptors (Lipinski definition) is 3. The highest BCUT2D eigenvalue weighted by Crippen LogP contribution is 2.32. The normalized spacial score (nSPS) is 13.8. The van der Waals surface area contributed by atoms with Gasteiger partial charge in [0.15, 0.2) is 11.6 Å². The summed E-state index contributed by atoms with van der Waals surface area (Å²) in [5.41, 5.74) is 11.0. The van der Waals surface area contributed by atoms with E-state index in [-0.39, 0.29) is 0 Å². The molecule has 0 spiro atoms. The van der Waals surface area contributed by atoms with Crippen LogP contribution >= 0.6 is 0 Å². The number of anilines is 1. The van der Waals surface area contributed by atoms with Crippen molar-refractivity contribution in [2.45, 2.75) is 39.0 Å². The van der Waals surface area contributed by atoms with Gasteiger partial charge in [-0.05, 0) is 42.9 Å². The summed E-state index contributed by atoms with van der Waals surface area (Å²) in [5.74, 6) is 1.39. The Labute approximate surface area is 107 Å².